The largest absolute Gasteiger partial charge is 0.490 e. The van der Waals surface area contributed by atoms with E-state index in [1.807, 2.05) is 32.0 Å². The Morgan fingerprint density at radius 3 is 2.78 bits per heavy atom. The number of benzene rings is 1. The highest BCUT2D eigenvalue weighted by molar-refractivity contribution is 5.57. The third kappa shape index (κ3) is 5.84. The van der Waals surface area contributed by atoms with E-state index in [-0.39, 0.29) is 6.10 Å². The first-order valence-corrected chi connectivity index (χ1v) is 6.36. The predicted molar refractivity (Wildman–Crippen MR) is 76.0 cm³/mol. The molecule has 3 nitrogen and oxygen atoms in total. The molecular weight excluding hydrogens is 226 g/mol. The first-order valence-electron chi connectivity index (χ1n) is 6.36. The molecule has 0 saturated carbocycles. The van der Waals surface area contributed by atoms with Gasteiger partial charge < -0.3 is 14.8 Å². The average molecular weight is 249 g/mol. The quantitative estimate of drug-likeness (QED) is 0.719. The molecule has 0 unspecified atom stereocenters. The predicted octanol–water partition coefficient (Wildman–Crippen LogP) is 2.72. The summed E-state index contributed by atoms with van der Waals surface area (Å²) in [5, 5.41) is 3.26. The number of nitrogens with one attached hydrogen (secondary N) is 1. The van der Waals surface area contributed by atoms with Crippen LogP contribution in [0.5, 0.6) is 5.75 Å². The zero-order valence-corrected chi connectivity index (χ0v) is 11.5. The smallest absolute Gasteiger partial charge is 0.126 e. The Kier molecular flexibility index (Phi) is 7.14. The summed E-state index contributed by atoms with van der Waals surface area (Å²) in [4.78, 5) is 0. The summed E-state index contributed by atoms with van der Waals surface area (Å²) in [6, 6.07) is 8.07. The first kappa shape index (κ1) is 14.7. The van der Waals surface area contributed by atoms with E-state index in [9.17, 15) is 0 Å². The van der Waals surface area contributed by atoms with Crippen LogP contribution in [0.15, 0.2) is 30.3 Å². The fourth-order valence-electron chi connectivity index (χ4n) is 1.53. The molecule has 0 aliphatic carbocycles. The van der Waals surface area contributed by atoms with Gasteiger partial charge in [0.25, 0.3) is 0 Å². The van der Waals surface area contributed by atoms with Gasteiger partial charge in [-0.25, -0.2) is 0 Å². The molecule has 0 aromatic heterocycles. The van der Waals surface area contributed by atoms with Crippen molar-refractivity contribution in [1.29, 1.82) is 0 Å². The van der Waals surface area contributed by atoms with E-state index in [0.29, 0.717) is 0 Å². The van der Waals surface area contributed by atoms with E-state index in [0.717, 1.165) is 31.0 Å². The summed E-state index contributed by atoms with van der Waals surface area (Å²) in [6.07, 6.45) is 4.37. The summed E-state index contributed by atoms with van der Waals surface area (Å²) < 4.78 is 10.7. The van der Waals surface area contributed by atoms with Crippen molar-refractivity contribution in [3.8, 4) is 5.75 Å². The van der Waals surface area contributed by atoms with E-state index in [2.05, 4.69) is 23.5 Å². The molecule has 0 aliphatic heterocycles. The summed E-state index contributed by atoms with van der Waals surface area (Å²) in [7, 11) is 1.71. The van der Waals surface area contributed by atoms with E-state index in [1.165, 1.54) is 0 Å². The van der Waals surface area contributed by atoms with Gasteiger partial charge in [-0.2, -0.15) is 0 Å². The molecule has 0 spiro atoms. The number of methoxy groups -OCH3 is 1. The molecule has 18 heavy (non-hydrogen) atoms. The molecule has 0 radical (unpaired) electrons. The third-order valence-electron chi connectivity index (χ3n) is 2.32. The molecule has 100 valence electrons. The number of hydrogen-bond donors (Lipinski definition) is 1. The highest BCUT2D eigenvalue weighted by atomic mass is 16.5. The maximum atomic E-state index is 5.75. The molecule has 1 aromatic carbocycles. The molecule has 0 aliphatic rings. The Hall–Kier alpha value is -1.32. The Labute approximate surface area is 110 Å². The van der Waals surface area contributed by atoms with Crippen molar-refractivity contribution in [3.05, 3.63) is 35.9 Å². The van der Waals surface area contributed by atoms with Gasteiger partial charge in [-0.15, -0.1) is 0 Å². The Morgan fingerprint density at radius 1 is 1.28 bits per heavy atom. The van der Waals surface area contributed by atoms with E-state index in [1.54, 1.807) is 7.11 Å². The molecule has 0 saturated heterocycles. The van der Waals surface area contributed by atoms with E-state index >= 15 is 0 Å². The second kappa shape index (κ2) is 8.72. The minimum Gasteiger partial charge on any atom is -0.490 e. The molecule has 0 amide bonds. The lowest BCUT2D eigenvalue weighted by molar-refractivity contribution is 0.200. The van der Waals surface area contributed by atoms with Crippen LogP contribution in [0.2, 0.25) is 0 Å². The average Bonchev–Trinajstić information content (AvgIpc) is 2.35. The number of hydrogen-bond acceptors (Lipinski definition) is 3. The molecule has 0 fully saturated rings. The van der Waals surface area contributed by atoms with Crippen LogP contribution in [0.4, 0.5) is 0 Å². The fraction of sp³-hybridized carbons (Fsp3) is 0.467. The second-order valence-electron chi connectivity index (χ2n) is 4.30. The minimum atomic E-state index is 0.194. The van der Waals surface area contributed by atoms with Gasteiger partial charge in [0.1, 0.15) is 5.75 Å². The summed E-state index contributed by atoms with van der Waals surface area (Å²) >= 11 is 0. The van der Waals surface area contributed by atoms with Gasteiger partial charge in [-0.3, -0.25) is 0 Å². The molecular formula is C15H23NO2. The van der Waals surface area contributed by atoms with Crippen LogP contribution >= 0.6 is 0 Å². The lowest BCUT2D eigenvalue weighted by atomic mass is 10.2. The van der Waals surface area contributed by atoms with Crippen LogP contribution in [-0.2, 0) is 4.74 Å². The normalized spacial score (nSPS) is 11.3. The van der Waals surface area contributed by atoms with Gasteiger partial charge in [-0.05, 0) is 19.9 Å². The van der Waals surface area contributed by atoms with Gasteiger partial charge in [0.05, 0.1) is 12.7 Å². The van der Waals surface area contributed by atoms with Crippen molar-refractivity contribution in [2.45, 2.75) is 20.0 Å². The van der Waals surface area contributed by atoms with Gasteiger partial charge in [0, 0.05) is 25.8 Å². The van der Waals surface area contributed by atoms with Gasteiger partial charge in [-0.1, -0.05) is 30.4 Å². The zero-order chi connectivity index (χ0) is 13.2. The molecule has 3 heteroatoms. The number of para-hydroxylation sites is 1. The molecule has 1 rings (SSSR count). The molecule has 1 N–H and O–H groups in total. The van der Waals surface area contributed by atoms with Crippen LogP contribution in [0.25, 0.3) is 6.08 Å². The lowest BCUT2D eigenvalue weighted by Gasteiger charge is -2.12. The van der Waals surface area contributed by atoms with Crippen LogP contribution in [0.1, 0.15) is 19.4 Å². The van der Waals surface area contributed by atoms with Crippen molar-refractivity contribution in [2.24, 2.45) is 0 Å². The van der Waals surface area contributed by atoms with Crippen molar-refractivity contribution >= 4 is 6.08 Å². The molecule has 1 aromatic rings. The fourth-order valence-corrected chi connectivity index (χ4v) is 1.53. The van der Waals surface area contributed by atoms with E-state index in [4.69, 9.17) is 9.47 Å². The highest BCUT2D eigenvalue weighted by Crippen LogP contribution is 2.20. The summed E-state index contributed by atoms with van der Waals surface area (Å²) in [6.45, 7) is 6.50. The zero-order valence-electron chi connectivity index (χ0n) is 11.5. The number of rotatable bonds is 8. The van der Waals surface area contributed by atoms with Crippen LogP contribution in [0.3, 0.4) is 0 Å². The molecule has 0 atom stereocenters. The van der Waals surface area contributed by atoms with Crippen molar-refractivity contribution in [1.82, 2.24) is 5.32 Å². The SMILES string of the molecule is COCCNCC=Cc1ccccc1OC(C)C. The van der Waals surface area contributed by atoms with Crippen LogP contribution < -0.4 is 10.1 Å². The maximum Gasteiger partial charge on any atom is 0.126 e. The Balaban J connectivity index is 2.47. The third-order valence-corrected chi connectivity index (χ3v) is 2.32. The topological polar surface area (TPSA) is 30.5 Å². The second-order valence-corrected chi connectivity index (χ2v) is 4.30. The summed E-state index contributed by atoms with van der Waals surface area (Å²) in [5.74, 6) is 0.931. The Morgan fingerprint density at radius 2 is 2.06 bits per heavy atom. The van der Waals surface area contributed by atoms with Crippen LogP contribution in [0, 0.1) is 0 Å². The maximum absolute atomic E-state index is 5.75. The standard InChI is InChI=1S/C15H23NO2/c1-13(2)18-15-9-5-4-7-14(15)8-6-10-16-11-12-17-3/h4-9,13,16H,10-12H2,1-3H3. The van der Waals surface area contributed by atoms with Crippen molar-refractivity contribution < 1.29 is 9.47 Å². The van der Waals surface area contributed by atoms with Crippen molar-refractivity contribution in [2.75, 3.05) is 26.8 Å². The van der Waals surface area contributed by atoms with E-state index < -0.39 is 0 Å². The van der Waals surface area contributed by atoms with Gasteiger partial charge >= 0.3 is 0 Å². The minimum absolute atomic E-state index is 0.194. The van der Waals surface area contributed by atoms with Gasteiger partial charge in [0.15, 0.2) is 0 Å². The monoisotopic (exact) mass is 249 g/mol. The summed E-state index contributed by atoms with van der Waals surface area (Å²) in [5.41, 5.74) is 1.11. The first-order chi connectivity index (χ1) is 8.74. The lowest BCUT2D eigenvalue weighted by Crippen LogP contribution is -2.18. The van der Waals surface area contributed by atoms with Crippen LogP contribution in [-0.4, -0.2) is 32.9 Å². The van der Waals surface area contributed by atoms with Crippen molar-refractivity contribution in [3.63, 3.8) is 0 Å². The number of ether oxygens (including phenoxy) is 2. The van der Waals surface area contributed by atoms with Gasteiger partial charge in [0.2, 0.25) is 0 Å². The molecule has 0 heterocycles. The Bertz CT molecular complexity index is 361. The molecule has 0 bridgehead atoms. The highest BCUT2D eigenvalue weighted by Gasteiger charge is 2.01.